The van der Waals surface area contributed by atoms with E-state index in [0.29, 0.717) is 5.78 Å². The summed E-state index contributed by atoms with van der Waals surface area (Å²) in [6.45, 7) is 2.07. The number of nitrogens with zero attached hydrogens (tertiary/aromatic N) is 4. The van der Waals surface area contributed by atoms with Crippen LogP contribution in [0.1, 0.15) is 5.56 Å². The van der Waals surface area contributed by atoms with E-state index in [1.54, 1.807) is 18.7 Å². The van der Waals surface area contributed by atoms with Gasteiger partial charge in [-0.05, 0) is 55.5 Å². The van der Waals surface area contributed by atoms with Crippen LogP contribution in [0.5, 0.6) is 11.5 Å². The minimum Gasteiger partial charge on any atom is -0.497 e. The van der Waals surface area contributed by atoms with Gasteiger partial charge in [0.1, 0.15) is 22.9 Å². The molecule has 0 N–H and O–H groups in total. The molecule has 0 unspecified atom stereocenters. The number of rotatable bonds is 5. The molecule has 0 aliphatic carbocycles. The first-order chi connectivity index (χ1) is 15.6. The van der Waals surface area contributed by atoms with Crippen molar-refractivity contribution in [2.45, 2.75) is 6.92 Å². The number of benzene rings is 3. The van der Waals surface area contributed by atoms with E-state index in [-0.39, 0.29) is 0 Å². The second-order valence-corrected chi connectivity index (χ2v) is 7.50. The van der Waals surface area contributed by atoms with Gasteiger partial charge >= 0.3 is 0 Å². The summed E-state index contributed by atoms with van der Waals surface area (Å²) in [5.74, 6) is 2.12. The molecule has 6 heteroatoms. The van der Waals surface area contributed by atoms with E-state index in [2.05, 4.69) is 31.2 Å². The summed E-state index contributed by atoms with van der Waals surface area (Å²) in [7, 11) is 3.31. The summed E-state index contributed by atoms with van der Waals surface area (Å²) < 4.78 is 12.4. The molecule has 0 fully saturated rings. The van der Waals surface area contributed by atoms with Crippen LogP contribution in [-0.2, 0) is 0 Å². The average Bonchev–Trinajstić information content (AvgIpc) is 3.27. The summed E-state index contributed by atoms with van der Waals surface area (Å²) in [5.41, 5.74) is 6.46. The molecular formula is C26H22N4O2. The molecule has 2 heterocycles. The summed E-state index contributed by atoms with van der Waals surface area (Å²) in [6.07, 6.45) is 1.91. The number of hydrogen-bond donors (Lipinski definition) is 0. The number of hydrogen-bond acceptors (Lipinski definition) is 5. The van der Waals surface area contributed by atoms with Crippen molar-refractivity contribution in [3.05, 3.63) is 84.6 Å². The van der Waals surface area contributed by atoms with Gasteiger partial charge in [0.05, 0.1) is 26.1 Å². The van der Waals surface area contributed by atoms with Gasteiger partial charge in [-0.2, -0.15) is 5.10 Å². The maximum absolute atomic E-state index is 5.31. The van der Waals surface area contributed by atoms with Gasteiger partial charge < -0.3 is 9.47 Å². The Bertz CT molecular complexity index is 1290. The van der Waals surface area contributed by atoms with Gasteiger partial charge in [-0.3, -0.25) is 0 Å². The zero-order valence-corrected chi connectivity index (χ0v) is 18.1. The highest BCUT2D eigenvalue weighted by atomic mass is 16.5. The largest absolute Gasteiger partial charge is 0.497 e. The first kappa shape index (κ1) is 19.8. The molecule has 6 nitrogen and oxygen atoms in total. The molecule has 0 bridgehead atoms. The molecule has 0 aliphatic heterocycles. The highest BCUT2D eigenvalue weighted by molar-refractivity contribution is 5.79. The van der Waals surface area contributed by atoms with Gasteiger partial charge in [-0.1, -0.05) is 29.8 Å². The zero-order chi connectivity index (χ0) is 22.1. The van der Waals surface area contributed by atoms with Crippen molar-refractivity contribution in [2.75, 3.05) is 14.2 Å². The molecular weight excluding hydrogens is 400 g/mol. The maximum atomic E-state index is 5.31. The quantitative estimate of drug-likeness (QED) is 0.377. The van der Waals surface area contributed by atoms with Gasteiger partial charge in [0.25, 0.3) is 5.78 Å². The molecule has 0 saturated heterocycles. The first-order valence-corrected chi connectivity index (χ1v) is 10.3. The van der Waals surface area contributed by atoms with Crippen molar-refractivity contribution in [1.29, 1.82) is 0 Å². The maximum Gasteiger partial charge on any atom is 0.251 e. The Hall–Kier alpha value is -4.19. The number of ether oxygens (including phenoxy) is 2. The molecule has 0 spiro atoms. The third-order valence-electron chi connectivity index (χ3n) is 5.39. The lowest BCUT2D eigenvalue weighted by Crippen LogP contribution is -2.01. The van der Waals surface area contributed by atoms with Crippen LogP contribution in [-0.4, -0.2) is 33.8 Å². The smallest absolute Gasteiger partial charge is 0.251 e. The molecule has 5 rings (SSSR count). The van der Waals surface area contributed by atoms with Crippen molar-refractivity contribution < 1.29 is 9.47 Å². The highest BCUT2D eigenvalue weighted by Gasteiger charge is 2.16. The molecule has 158 valence electrons. The number of aromatic nitrogens is 4. The van der Waals surface area contributed by atoms with Crippen molar-refractivity contribution in [1.82, 2.24) is 19.6 Å². The fourth-order valence-electron chi connectivity index (χ4n) is 3.58. The number of fused-ring (bicyclic) bond motifs is 1. The zero-order valence-electron chi connectivity index (χ0n) is 18.1. The first-order valence-electron chi connectivity index (χ1n) is 10.3. The third-order valence-corrected chi connectivity index (χ3v) is 5.39. The molecule has 2 aromatic heterocycles. The van der Waals surface area contributed by atoms with E-state index in [1.807, 2.05) is 54.7 Å². The van der Waals surface area contributed by atoms with Gasteiger partial charge in [0.2, 0.25) is 0 Å². The second kappa shape index (κ2) is 8.15. The summed E-state index contributed by atoms with van der Waals surface area (Å²) in [6, 6.07) is 23.9. The van der Waals surface area contributed by atoms with Gasteiger partial charge in [0, 0.05) is 16.7 Å². The number of methoxy groups -OCH3 is 2. The standard InChI is InChI=1S/C26H22N4O2/c1-17-4-6-18(7-5-17)23-16-30-26(27-23)28-24(19-8-12-21(31-2)13-9-19)25(29-30)20-10-14-22(32-3)15-11-20/h4-16H,1-3H3. The Morgan fingerprint density at radius 1 is 0.625 bits per heavy atom. The Kier molecular flexibility index (Phi) is 5.03. The van der Waals surface area contributed by atoms with Gasteiger partial charge in [-0.15, -0.1) is 0 Å². The fourth-order valence-corrected chi connectivity index (χ4v) is 3.58. The highest BCUT2D eigenvalue weighted by Crippen LogP contribution is 2.31. The van der Waals surface area contributed by atoms with Gasteiger partial charge in [-0.25, -0.2) is 14.5 Å². The van der Waals surface area contributed by atoms with Crippen molar-refractivity contribution in [3.63, 3.8) is 0 Å². The topological polar surface area (TPSA) is 61.5 Å². The predicted molar refractivity (Wildman–Crippen MR) is 125 cm³/mol. The van der Waals surface area contributed by atoms with Crippen molar-refractivity contribution >= 4 is 5.78 Å². The lowest BCUT2D eigenvalue weighted by molar-refractivity contribution is 0.414. The van der Waals surface area contributed by atoms with Crippen LogP contribution in [0.15, 0.2) is 79.0 Å². The minimum atomic E-state index is 0.545. The van der Waals surface area contributed by atoms with Crippen LogP contribution in [0.4, 0.5) is 0 Å². The predicted octanol–water partition coefficient (Wildman–Crippen LogP) is 5.45. The van der Waals surface area contributed by atoms with Crippen LogP contribution in [0.2, 0.25) is 0 Å². The molecule has 0 saturated carbocycles. The van der Waals surface area contributed by atoms with Crippen LogP contribution in [0, 0.1) is 6.92 Å². The van der Waals surface area contributed by atoms with E-state index >= 15 is 0 Å². The third kappa shape index (κ3) is 3.67. The van der Waals surface area contributed by atoms with E-state index in [0.717, 1.165) is 45.3 Å². The summed E-state index contributed by atoms with van der Waals surface area (Å²) in [4.78, 5) is 9.64. The minimum absolute atomic E-state index is 0.545. The van der Waals surface area contributed by atoms with E-state index in [4.69, 9.17) is 24.5 Å². The summed E-state index contributed by atoms with van der Waals surface area (Å²) >= 11 is 0. The number of imidazole rings is 1. The van der Waals surface area contributed by atoms with Crippen LogP contribution in [0.25, 0.3) is 39.5 Å². The molecule has 32 heavy (non-hydrogen) atoms. The average molecular weight is 422 g/mol. The molecule has 0 amide bonds. The lowest BCUT2D eigenvalue weighted by atomic mass is 10.0. The number of aryl methyl sites for hydroxylation is 1. The Balaban J connectivity index is 1.69. The molecule has 3 aromatic carbocycles. The molecule has 0 atom stereocenters. The van der Waals surface area contributed by atoms with Crippen LogP contribution >= 0.6 is 0 Å². The van der Waals surface area contributed by atoms with Crippen LogP contribution in [0.3, 0.4) is 0 Å². The van der Waals surface area contributed by atoms with E-state index < -0.39 is 0 Å². The summed E-state index contributed by atoms with van der Waals surface area (Å²) in [5, 5.41) is 4.90. The van der Waals surface area contributed by atoms with Crippen molar-refractivity contribution in [3.8, 4) is 45.3 Å². The fraction of sp³-hybridized carbons (Fsp3) is 0.115. The Labute approximate surface area is 186 Å². The molecule has 0 aliphatic rings. The van der Waals surface area contributed by atoms with E-state index in [1.165, 1.54) is 5.56 Å². The normalized spacial score (nSPS) is 11.0. The molecule has 5 aromatic rings. The Morgan fingerprint density at radius 2 is 1.16 bits per heavy atom. The van der Waals surface area contributed by atoms with Crippen molar-refractivity contribution in [2.24, 2.45) is 0 Å². The SMILES string of the molecule is COc1ccc(-c2nc3nc(-c4ccc(C)cc4)cn3nc2-c2ccc(OC)cc2)cc1. The van der Waals surface area contributed by atoms with E-state index in [9.17, 15) is 0 Å². The van der Waals surface area contributed by atoms with Crippen LogP contribution < -0.4 is 9.47 Å². The van der Waals surface area contributed by atoms with Gasteiger partial charge in [0.15, 0.2) is 0 Å². The monoisotopic (exact) mass is 422 g/mol. The second-order valence-electron chi connectivity index (χ2n) is 7.50. The lowest BCUT2D eigenvalue weighted by Gasteiger charge is -2.10. The Morgan fingerprint density at radius 3 is 1.72 bits per heavy atom. The molecule has 0 radical (unpaired) electrons.